The van der Waals surface area contributed by atoms with Crippen LogP contribution in [0.25, 0.3) is 0 Å². The number of hydrogen-bond donors (Lipinski definition) is 3. The molecule has 1 aromatic carbocycles. The lowest BCUT2D eigenvalue weighted by atomic mass is 10.3. The number of aromatic nitrogens is 2. The second-order valence-corrected chi connectivity index (χ2v) is 5.16. The number of benzene rings is 1. The number of ether oxygens (including phenoxy) is 1. The van der Waals surface area contributed by atoms with Gasteiger partial charge in [-0.3, -0.25) is 15.1 Å². The molecule has 22 heavy (non-hydrogen) atoms. The van der Waals surface area contributed by atoms with Gasteiger partial charge in [-0.2, -0.15) is 0 Å². The van der Waals surface area contributed by atoms with Crippen molar-refractivity contribution in [2.24, 2.45) is 0 Å². The predicted octanol–water partition coefficient (Wildman–Crippen LogP) is 2.50. The second-order valence-electron chi connectivity index (χ2n) is 4.37. The molecule has 0 fully saturated rings. The van der Waals surface area contributed by atoms with Gasteiger partial charge in [-0.25, -0.2) is 9.78 Å². The van der Waals surface area contributed by atoms with Gasteiger partial charge in [0.25, 0.3) is 5.56 Å². The third-order valence-electron chi connectivity index (χ3n) is 2.68. The highest BCUT2D eigenvalue weighted by Crippen LogP contribution is 2.08. The van der Waals surface area contributed by atoms with Gasteiger partial charge in [-0.05, 0) is 35.0 Å². The molecule has 3 N–H and O–H groups in total. The number of nitrogens with one attached hydrogen (secondary N) is 3. The lowest BCUT2D eigenvalue weighted by molar-refractivity contribution is 0.166. The van der Waals surface area contributed by atoms with Crippen LogP contribution in [-0.4, -0.2) is 29.2 Å². The molecule has 116 valence electrons. The summed E-state index contributed by atoms with van der Waals surface area (Å²) in [7, 11) is 0. The van der Waals surface area contributed by atoms with Gasteiger partial charge in [0.05, 0.1) is 12.2 Å². The summed E-state index contributed by atoms with van der Waals surface area (Å²) >= 11 is 3.13. The minimum atomic E-state index is -0.540. The number of nitrogens with zero attached hydrogens (tertiary/aromatic N) is 1. The number of amides is 1. The van der Waals surface area contributed by atoms with Crippen molar-refractivity contribution in [1.29, 1.82) is 0 Å². The third kappa shape index (κ3) is 4.59. The van der Waals surface area contributed by atoms with Gasteiger partial charge < -0.3 is 10.1 Å². The Hall–Kier alpha value is -2.35. The Morgan fingerprint density at radius 1 is 1.36 bits per heavy atom. The number of carbonyl (C=O) groups excluding carboxylic acids is 1. The van der Waals surface area contributed by atoms with Crippen molar-refractivity contribution >= 4 is 33.7 Å². The maximum Gasteiger partial charge on any atom is 0.411 e. The zero-order valence-corrected chi connectivity index (χ0v) is 13.4. The van der Waals surface area contributed by atoms with E-state index >= 15 is 0 Å². The van der Waals surface area contributed by atoms with Gasteiger partial charge in [-0.1, -0.05) is 18.2 Å². The highest BCUT2D eigenvalue weighted by atomic mass is 79.9. The molecule has 0 saturated heterocycles. The van der Waals surface area contributed by atoms with Gasteiger partial charge in [0.1, 0.15) is 11.1 Å². The number of hydrogen-bond acceptors (Lipinski definition) is 5. The van der Waals surface area contributed by atoms with E-state index in [1.807, 2.05) is 18.2 Å². The summed E-state index contributed by atoms with van der Waals surface area (Å²) in [5.74, 6) is 0.331. The molecule has 0 bridgehead atoms. The Balaban J connectivity index is 1.75. The molecule has 0 saturated carbocycles. The van der Waals surface area contributed by atoms with E-state index in [2.05, 4.69) is 36.5 Å². The fraction of sp³-hybridized carbons (Fsp3) is 0.214. The zero-order chi connectivity index (χ0) is 15.9. The SMILES string of the molecule is Cc1nc(NCCOC(=O)Nc2ccccc2)[nH]c(=O)c1Br. The Morgan fingerprint density at radius 3 is 2.77 bits per heavy atom. The van der Waals surface area contributed by atoms with E-state index in [1.165, 1.54) is 0 Å². The normalized spacial score (nSPS) is 10.1. The molecule has 0 unspecified atom stereocenters. The van der Waals surface area contributed by atoms with Crippen LogP contribution < -0.4 is 16.2 Å². The predicted molar refractivity (Wildman–Crippen MR) is 87.2 cm³/mol. The van der Waals surface area contributed by atoms with Gasteiger partial charge in [0.2, 0.25) is 5.95 Å². The molecule has 0 aliphatic rings. The Bertz CT molecular complexity index is 703. The summed E-state index contributed by atoms with van der Waals surface area (Å²) in [6, 6.07) is 9.01. The number of halogens is 1. The van der Waals surface area contributed by atoms with Crippen LogP contribution in [0.4, 0.5) is 16.4 Å². The summed E-state index contributed by atoms with van der Waals surface area (Å²) in [6.07, 6.45) is -0.540. The highest BCUT2D eigenvalue weighted by Gasteiger charge is 2.05. The van der Waals surface area contributed by atoms with Crippen molar-refractivity contribution in [3.63, 3.8) is 0 Å². The van der Waals surface area contributed by atoms with Gasteiger partial charge in [0, 0.05) is 5.69 Å². The van der Waals surface area contributed by atoms with Gasteiger partial charge in [0.15, 0.2) is 0 Å². The van der Waals surface area contributed by atoms with Crippen molar-refractivity contribution in [3.8, 4) is 0 Å². The van der Waals surface area contributed by atoms with E-state index in [1.54, 1.807) is 19.1 Å². The van der Waals surface area contributed by atoms with E-state index in [4.69, 9.17) is 4.74 Å². The van der Waals surface area contributed by atoms with E-state index in [0.29, 0.717) is 28.3 Å². The average molecular weight is 367 g/mol. The topological polar surface area (TPSA) is 96.1 Å². The summed E-state index contributed by atoms with van der Waals surface area (Å²) in [5, 5.41) is 5.48. The lowest BCUT2D eigenvalue weighted by Gasteiger charge is -2.08. The first-order chi connectivity index (χ1) is 10.6. The molecule has 0 radical (unpaired) electrons. The van der Waals surface area contributed by atoms with E-state index in [0.717, 1.165) is 0 Å². The smallest absolute Gasteiger partial charge is 0.411 e. The monoisotopic (exact) mass is 366 g/mol. The van der Waals surface area contributed by atoms with Crippen molar-refractivity contribution in [2.75, 3.05) is 23.8 Å². The van der Waals surface area contributed by atoms with E-state index < -0.39 is 6.09 Å². The van der Waals surface area contributed by atoms with Crippen LogP contribution in [0, 0.1) is 6.92 Å². The molecule has 2 rings (SSSR count). The third-order valence-corrected chi connectivity index (χ3v) is 3.61. The quantitative estimate of drug-likeness (QED) is 0.706. The number of rotatable bonds is 5. The first-order valence-electron chi connectivity index (χ1n) is 6.55. The van der Waals surface area contributed by atoms with Crippen LogP contribution in [0.2, 0.25) is 0 Å². The molecule has 0 atom stereocenters. The second kappa shape index (κ2) is 7.60. The minimum Gasteiger partial charge on any atom is -0.447 e. The lowest BCUT2D eigenvalue weighted by Crippen LogP contribution is -2.21. The average Bonchev–Trinajstić information content (AvgIpc) is 2.50. The minimum absolute atomic E-state index is 0.136. The first-order valence-corrected chi connectivity index (χ1v) is 7.34. The fourth-order valence-electron chi connectivity index (χ4n) is 1.64. The molecule has 7 nitrogen and oxygen atoms in total. The first kappa shape index (κ1) is 16.0. The molecule has 2 aromatic rings. The van der Waals surface area contributed by atoms with Crippen molar-refractivity contribution in [1.82, 2.24) is 9.97 Å². The summed E-state index contributed by atoms with van der Waals surface area (Å²) < 4.78 is 5.41. The maximum atomic E-state index is 11.5. The van der Waals surface area contributed by atoms with Crippen LogP contribution in [-0.2, 0) is 4.74 Å². The van der Waals surface area contributed by atoms with Crippen LogP contribution in [0.1, 0.15) is 5.69 Å². The van der Waals surface area contributed by atoms with Gasteiger partial charge >= 0.3 is 6.09 Å². The number of aryl methyl sites for hydroxylation is 1. The molecule has 1 aromatic heterocycles. The van der Waals surface area contributed by atoms with Crippen molar-refractivity contribution in [2.45, 2.75) is 6.92 Å². The molecule has 1 amide bonds. The van der Waals surface area contributed by atoms with Crippen molar-refractivity contribution < 1.29 is 9.53 Å². The van der Waals surface area contributed by atoms with Crippen LogP contribution >= 0.6 is 15.9 Å². The van der Waals surface area contributed by atoms with Crippen LogP contribution in [0.15, 0.2) is 39.6 Å². The molecule has 1 heterocycles. The van der Waals surface area contributed by atoms with E-state index in [-0.39, 0.29) is 12.2 Å². The molecular formula is C14H15BrN4O3. The van der Waals surface area contributed by atoms with E-state index in [9.17, 15) is 9.59 Å². The largest absolute Gasteiger partial charge is 0.447 e. The zero-order valence-electron chi connectivity index (χ0n) is 11.9. The van der Waals surface area contributed by atoms with Crippen molar-refractivity contribution in [3.05, 3.63) is 50.9 Å². The standard InChI is InChI=1S/C14H15BrN4O3/c1-9-11(15)12(20)19-13(17-9)16-7-8-22-14(21)18-10-5-3-2-4-6-10/h2-6H,7-8H2,1H3,(H,18,21)(H2,16,17,19,20). The van der Waals surface area contributed by atoms with Crippen LogP contribution in [0.5, 0.6) is 0 Å². The Morgan fingerprint density at radius 2 is 2.09 bits per heavy atom. The molecular weight excluding hydrogens is 352 g/mol. The number of carbonyl (C=O) groups is 1. The summed E-state index contributed by atoms with van der Waals surface area (Å²) in [4.78, 5) is 29.8. The number of H-pyrrole nitrogens is 1. The Labute approximate surface area is 135 Å². The number of anilines is 2. The molecule has 8 heteroatoms. The summed E-state index contributed by atoms with van der Waals surface area (Å²) in [6.45, 7) is 2.18. The maximum absolute atomic E-state index is 11.5. The molecule has 0 spiro atoms. The molecule has 0 aliphatic carbocycles. The van der Waals surface area contributed by atoms with Crippen LogP contribution in [0.3, 0.4) is 0 Å². The number of aromatic amines is 1. The fourth-order valence-corrected chi connectivity index (χ4v) is 1.83. The Kier molecular flexibility index (Phi) is 5.54. The number of para-hydroxylation sites is 1. The molecule has 0 aliphatic heterocycles. The van der Waals surface area contributed by atoms with Gasteiger partial charge in [-0.15, -0.1) is 0 Å². The highest BCUT2D eigenvalue weighted by molar-refractivity contribution is 9.10. The summed E-state index contributed by atoms with van der Waals surface area (Å²) in [5.41, 5.74) is 0.974.